The van der Waals surface area contributed by atoms with Gasteiger partial charge in [-0.3, -0.25) is 0 Å². The summed E-state index contributed by atoms with van der Waals surface area (Å²) in [5, 5.41) is 14.0. The summed E-state index contributed by atoms with van der Waals surface area (Å²) in [6, 6.07) is -1.62. The number of rotatable bonds is 4. The summed E-state index contributed by atoms with van der Waals surface area (Å²) in [4.78, 5) is 22.6. The van der Waals surface area contributed by atoms with Crippen LogP contribution in [0.15, 0.2) is 0 Å². The number of urea groups is 1. The van der Waals surface area contributed by atoms with Crippen molar-refractivity contribution in [1.29, 1.82) is 0 Å². The van der Waals surface area contributed by atoms with Crippen molar-refractivity contribution >= 4 is 12.0 Å². The smallest absolute Gasteiger partial charge is 0.327 e. The standard InChI is InChI=1S/C12H18N2O4/c1-4-5-9(10(15)16)13-11(17)14-12(3)6-7-18-8(12)2/h1,8-9H,5-7H2,2-3H3,(H,15,16)(H2,13,14,17). The van der Waals surface area contributed by atoms with Gasteiger partial charge in [0.2, 0.25) is 0 Å². The number of hydrogen-bond donors (Lipinski definition) is 3. The number of carbonyl (C=O) groups excluding carboxylic acids is 1. The molecule has 0 spiro atoms. The van der Waals surface area contributed by atoms with E-state index in [4.69, 9.17) is 16.3 Å². The Morgan fingerprint density at radius 3 is 2.78 bits per heavy atom. The molecule has 0 saturated carbocycles. The Morgan fingerprint density at radius 1 is 1.67 bits per heavy atom. The predicted octanol–water partition coefficient (Wildman–Crippen LogP) is 0.330. The van der Waals surface area contributed by atoms with Crippen molar-refractivity contribution in [2.45, 2.75) is 44.4 Å². The van der Waals surface area contributed by atoms with E-state index < -0.39 is 23.6 Å². The molecule has 0 aromatic rings. The Kier molecular flexibility index (Phi) is 4.56. The van der Waals surface area contributed by atoms with Gasteiger partial charge in [0, 0.05) is 13.0 Å². The lowest BCUT2D eigenvalue weighted by Crippen LogP contribution is -2.56. The number of amides is 2. The van der Waals surface area contributed by atoms with Crippen LogP contribution in [0, 0.1) is 12.3 Å². The summed E-state index contributed by atoms with van der Waals surface area (Å²) < 4.78 is 5.38. The van der Waals surface area contributed by atoms with Crippen molar-refractivity contribution in [3.8, 4) is 12.3 Å². The Balaban J connectivity index is 2.55. The van der Waals surface area contributed by atoms with E-state index in [-0.39, 0.29) is 12.5 Å². The molecule has 100 valence electrons. The van der Waals surface area contributed by atoms with Gasteiger partial charge >= 0.3 is 12.0 Å². The third-order valence-corrected chi connectivity index (χ3v) is 3.21. The molecule has 1 saturated heterocycles. The molecule has 0 aromatic carbocycles. The SMILES string of the molecule is C#CCC(NC(=O)NC1(C)CCOC1C)C(=O)O. The van der Waals surface area contributed by atoms with Crippen LogP contribution in [-0.2, 0) is 9.53 Å². The molecule has 6 nitrogen and oxygen atoms in total. The number of carboxylic acids is 1. The van der Waals surface area contributed by atoms with Crippen molar-refractivity contribution < 1.29 is 19.4 Å². The first-order chi connectivity index (χ1) is 8.39. The van der Waals surface area contributed by atoms with Crippen LogP contribution in [0.1, 0.15) is 26.7 Å². The van der Waals surface area contributed by atoms with Gasteiger partial charge < -0.3 is 20.5 Å². The zero-order valence-corrected chi connectivity index (χ0v) is 10.5. The van der Waals surface area contributed by atoms with Crippen molar-refractivity contribution in [3.05, 3.63) is 0 Å². The minimum Gasteiger partial charge on any atom is -0.480 e. The fourth-order valence-corrected chi connectivity index (χ4v) is 1.77. The minimum absolute atomic E-state index is 0.0501. The monoisotopic (exact) mass is 254 g/mol. The normalized spacial score (nSPS) is 28.2. The van der Waals surface area contributed by atoms with Crippen molar-refractivity contribution in [1.82, 2.24) is 10.6 Å². The second-order valence-electron chi connectivity index (χ2n) is 4.58. The molecule has 1 rings (SSSR count). The molecule has 18 heavy (non-hydrogen) atoms. The quantitative estimate of drug-likeness (QED) is 0.631. The Hall–Kier alpha value is -1.74. The molecule has 3 atom stereocenters. The van der Waals surface area contributed by atoms with Gasteiger partial charge in [-0.2, -0.15) is 0 Å². The van der Waals surface area contributed by atoms with Crippen LogP contribution in [-0.4, -0.2) is 41.4 Å². The molecule has 6 heteroatoms. The zero-order valence-electron chi connectivity index (χ0n) is 10.5. The number of nitrogens with one attached hydrogen (secondary N) is 2. The third kappa shape index (κ3) is 3.37. The molecule has 0 aromatic heterocycles. The van der Waals surface area contributed by atoms with Crippen LogP contribution >= 0.6 is 0 Å². The summed E-state index contributed by atoms with van der Waals surface area (Å²) in [5.74, 6) is 1.07. The van der Waals surface area contributed by atoms with E-state index in [9.17, 15) is 9.59 Å². The number of carboxylic acid groups (broad SMARTS) is 1. The fourth-order valence-electron chi connectivity index (χ4n) is 1.77. The molecule has 1 heterocycles. The van der Waals surface area contributed by atoms with E-state index in [1.54, 1.807) is 0 Å². The average Bonchev–Trinajstić information content (AvgIpc) is 2.58. The van der Waals surface area contributed by atoms with Crippen molar-refractivity contribution in [2.75, 3.05) is 6.61 Å². The maximum atomic E-state index is 11.7. The number of ether oxygens (including phenoxy) is 1. The Bertz CT molecular complexity index is 377. The molecule has 1 aliphatic heterocycles. The van der Waals surface area contributed by atoms with Gasteiger partial charge in [0.1, 0.15) is 6.04 Å². The van der Waals surface area contributed by atoms with Crippen LogP contribution in [0.25, 0.3) is 0 Å². The molecule has 1 fully saturated rings. The molecular formula is C12H18N2O4. The van der Waals surface area contributed by atoms with E-state index in [0.717, 1.165) is 0 Å². The summed E-state index contributed by atoms with van der Waals surface area (Å²) >= 11 is 0. The molecule has 0 aliphatic carbocycles. The molecule has 3 N–H and O–H groups in total. The summed E-state index contributed by atoms with van der Waals surface area (Å²) in [6.45, 7) is 4.30. The minimum atomic E-state index is -1.15. The van der Waals surface area contributed by atoms with Crippen LogP contribution < -0.4 is 10.6 Å². The first kappa shape index (κ1) is 14.3. The molecule has 0 bridgehead atoms. The first-order valence-electron chi connectivity index (χ1n) is 5.75. The molecule has 2 amide bonds. The number of terminal acetylenes is 1. The van der Waals surface area contributed by atoms with E-state index >= 15 is 0 Å². The lowest BCUT2D eigenvalue weighted by molar-refractivity contribution is -0.139. The maximum absolute atomic E-state index is 11.7. The molecular weight excluding hydrogens is 236 g/mol. The topological polar surface area (TPSA) is 87.7 Å². The summed E-state index contributed by atoms with van der Waals surface area (Å²) in [6.07, 6.45) is 5.58. The van der Waals surface area contributed by atoms with Gasteiger partial charge in [-0.05, 0) is 20.3 Å². The van der Waals surface area contributed by atoms with Gasteiger partial charge in [-0.15, -0.1) is 12.3 Å². The van der Waals surface area contributed by atoms with E-state index in [2.05, 4.69) is 16.6 Å². The average molecular weight is 254 g/mol. The highest BCUT2D eigenvalue weighted by Gasteiger charge is 2.38. The van der Waals surface area contributed by atoms with Gasteiger partial charge in [-0.1, -0.05) is 0 Å². The Morgan fingerprint density at radius 2 is 2.33 bits per heavy atom. The fraction of sp³-hybridized carbons (Fsp3) is 0.667. The Labute approximate surface area is 106 Å². The van der Waals surface area contributed by atoms with Crippen molar-refractivity contribution in [2.24, 2.45) is 0 Å². The predicted molar refractivity (Wildman–Crippen MR) is 65.0 cm³/mol. The zero-order chi connectivity index (χ0) is 13.8. The first-order valence-corrected chi connectivity index (χ1v) is 5.75. The summed E-state index contributed by atoms with van der Waals surface area (Å²) in [5.41, 5.74) is -0.483. The van der Waals surface area contributed by atoms with Crippen LogP contribution in [0.2, 0.25) is 0 Å². The highest BCUT2D eigenvalue weighted by molar-refractivity contribution is 5.83. The largest absolute Gasteiger partial charge is 0.480 e. The third-order valence-electron chi connectivity index (χ3n) is 3.21. The van der Waals surface area contributed by atoms with E-state index in [0.29, 0.717) is 13.0 Å². The highest BCUT2D eigenvalue weighted by atomic mass is 16.5. The lowest BCUT2D eigenvalue weighted by atomic mass is 9.95. The molecule has 0 radical (unpaired) electrons. The lowest BCUT2D eigenvalue weighted by Gasteiger charge is -2.29. The molecule has 1 aliphatic rings. The number of carbonyl (C=O) groups is 2. The van der Waals surface area contributed by atoms with Crippen molar-refractivity contribution in [3.63, 3.8) is 0 Å². The van der Waals surface area contributed by atoms with Crippen LogP contribution in [0.5, 0.6) is 0 Å². The number of hydrogen-bond acceptors (Lipinski definition) is 3. The van der Waals surface area contributed by atoms with Gasteiger partial charge in [0.05, 0.1) is 11.6 Å². The van der Waals surface area contributed by atoms with E-state index in [1.165, 1.54) is 0 Å². The van der Waals surface area contributed by atoms with E-state index in [1.807, 2.05) is 13.8 Å². The van der Waals surface area contributed by atoms with Gasteiger partial charge in [-0.25, -0.2) is 9.59 Å². The van der Waals surface area contributed by atoms with Gasteiger partial charge in [0.25, 0.3) is 0 Å². The van der Waals surface area contributed by atoms with Gasteiger partial charge in [0.15, 0.2) is 0 Å². The molecule has 3 unspecified atom stereocenters. The van der Waals surface area contributed by atoms with Crippen LogP contribution in [0.3, 0.4) is 0 Å². The second kappa shape index (κ2) is 5.74. The summed E-state index contributed by atoms with van der Waals surface area (Å²) in [7, 11) is 0. The maximum Gasteiger partial charge on any atom is 0.327 e. The van der Waals surface area contributed by atoms with Crippen LogP contribution in [0.4, 0.5) is 4.79 Å². The second-order valence-corrected chi connectivity index (χ2v) is 4.58. The highest BCUT2D eigenvalue weighted by Crippen LogP contribution is 2.24. The number of aliphatic carboxylic acids is 1.